The Balaban J connectivity index is 1.43. The van der Waals surface area contributed by atoms with Crippen LogP contribution in [0.25, 0.3) is 0 Å². The van der Waals surface area contributed by atoms with E-state index >= 15 is 0 Å². The monoisotopic (exact) mass is 306 g/mol. The first-order chi connectivity index (χ1) is 10.4. The molecule has 0 bridgehead atoms. The third-order valence-electron chi connectivity index (χ3n) is 4.66. The molecule has 0 aliphatic carbocycles. The number of likely N-dealkylation sites (tertiary alicyclic amines) is 1. The summed E-state index contributed by atoms with van der Waals surface area (Å²) in [5.74, 6) is 2.96. The molecule has 2 fully saturated rings. The van der Waals surface area contributed by atoms with E-state index in [4.69, 9.17) is 4.52 Å². The van der Waals surface area contributed by atoms with Gasteiger partial charge in [-0.05, 0) is 18.3 Å². The lowest BCUT2D eigenvalue weighted by Gasteiger charge is -2.17. The van der Waals surface area contributed by atoms with E-state index in [1.54, 1.807) is 0 Å². The summed E-state index contributed by atoms with van der Waals surface area (Å²) in [6.45, 7) is 10.1. The summed E-state index contributed by atoms with van der Waals surface area (Å²) in [5, 5.41) is 7.41. The molecule has 0 spiro atoms. The van der Waals surface area contributed by atoms with Crippen LogP contribution in [0.15, 0.2) is 4.52 Å². The molecule has 22 heavy (non-hydrogen) atoms. The van der Waals surface area contributed by atoms with E-state index in [1.807, 2.05) is 4.90 Å². The van der Waals surface area contributed by atoms with Gasteiger partial charge in [-0.1, -0.05) is 25.9 Å². The minimum atomic E-state index is -0.0983. The summed E-state index contributed by atoms with van der Waals surface area (Å²) >= 11 is 0. The van der Waals surface area contributed by atoms with Gasteiger partial charge in [0.1, 0.15) is 0 Å². The number of hydrogen-bond acceptors (Lipinski definition) is 5. The summed E-state index contributed by atoms with van der Waals surface area (Å²) in [6.07, 6.45) is 2.02. The minimum absolute atomic E-state index is 0.0983. The molecule has 6 heteroatoms. The highest BCUT2D eigenvalue weighted by atomic mass is 16.5. The van der Waals surface area contributed by atoms with Crippen LogP contribution >= 0.6 is 0 Å². The topological polar surface area (TPSA) is 71.3 Å². The molecule has 2 aliphatic heterocycles. The van der Waals surface area contributed by atoms with Crippen LogP contribution in [0.5, 0.6) is 0 Å². The van der Waals surface area contributed by atoms with Gasteiger partial charge in [-0.2, -0.15) is 4.98 Å². The number of carbonyl (C=O) groups is 1. The number of carbonyl (C=O) groups excluding carboxylic acids is 1. The molecule has 1 N–H and O–H groups in total. The standard InChI is InChI=1S/C16H26N4O2/c1-16(2,3)15-18-13(22-19-15)5-4-6-14(21)20-9-11-7-17-8-12(11)10-20/h11-12,17H,4-10H2,1-3H3/t11-,12+. The highest BCUT2D eigenvalue weighted by Gasteiger charge is 2.37. The molecule has 1 aromatic heterocycles. The Kier molecular flexibility index (Phi) is 4.21. The second-order valence-electron chi connectivity index (χ2n) is 7.59. The number of amides is 1. The molecular weight excluding hydrogens is 280 g/mol. The van der Waals surface area contributed by atoms with Crippen molar-refractivity contribution in [3.8, 4) is 0 Å². The van der Waals surface area contributed by atoms with Crippen molar-refractivity contribution in [3.63, 3.8) is 0 Å². The number of nitrogens with zero attached hydrogens (tertiary/aromatic N) is 3. The van der Waals surface area contributed by atoms with Crippen LogP contribution < -0.4 is 5.32 Å². The fourth-order valence-electron chi connectivity index (χ4n) is 3.27. The van der Waals surface area contributed by atoms with Crippen LogP contribution in [0.4, 0.5) is 0 Å². The van der Waals surface area contributed by atoms with Gasteiger partial charge < -0.3 is 14.7 Å². The van der Waals surface area contributed by atoms with E-state index in [0.29, 0.717) is 30.6 Å². The molecule has 2 aliphatic rings. The molecule has 0 radical (unpaired) electrons. The van der Waals surface area contributed by atoms with E-state index < -0.39 is 0 Å². The number of rotatable bonds is 4. The first-order valence-electron chi connectivity index (χ1n) is 8.25. The maximum atomic E-state index is 12.3. The van der Waals surface area contributed by atoms with Crippen molar-refractivity contribution in [3.05, 3.63) is 11.7 Å². The molecular formula is C16H26N4O2. The van der Waals surface area contributed by atoms with Crippen molar-refractivity contribution in [1.29, 1.82) is 0 Å². The Morgan fingerprint density at radius 2 is 2.00 bits per heavy atom. The summed E-state index contributed by atoms with van der Waals surface area (Å²) < 4.78 is 5.26. The quantitative estimate of drug-likeness (QED) is 0.909. The second-order valence-corrected chi connectivity index (χ2v) is 7.59. The Hall–Kier alpha value is -1.43. The number of aromatic nitrogens is 2. The van der Waals surface area contributed by atoms with Gasteiger partial charge in [-0.25, -0.2) is 0 Å². The van der Waals surface area contributed by atoms with Crippen LogP contribution in [0, 0.1) is 11.8 Å². The molecule has 6 nitrogen and oxygen atoms in total. The van der Waals surface area contributed by atoms with E-state index in [-0.39, 0.29) is 11.3 Å². The molecule has 122 valence electrons. The fourth-order valence-corrected chi connectivity index (χ4v) is 3.27. The van der Waals surface area contributed by atoms with Gasteiger partial charge in [0.2, 0.25) is 11.8 Å². The molecule has 3 heterocycles. The van der Waals surface area contributed by atoms with Crippen molar-refractivity contribution < 1.29 is 9.32 Å². The summed E-state index contributed by atoms with van der Waals surface area (Å²) in [6, 6.07) is 0. The molecule has 0 unspecified atom stereocenters. The molecule has 1 aromatic rings. The van der Waals surface area contributed by atoms with Gasteiger partial charge >= 0.3 is 0 Å². The Morgan fingerprint density at radius 3 is 2.59 bits per heavy atom. The molecule has 0 saturated carbocycles. The van der Waals surface area contributed by atoms with E-state index in [9.17, 15) is 4.79 Å². The molecule has 1 amide bonds. The number of hydrogen-bond donors (Lipinski definition) is 1. The average Bonchev–Trinajstić information content (AvgIpc) is 3.12. The van der Waals surface area contributed by atoms with Crippen LogP contribution in [0.3, 0.4) is 0 Å². The lowest BCUT2D eigenvalue weighted by molar-refractivity contribution is -0.130. The Bertz CT molecular complexity index is 522. The smallest absolute Gasteiger partial charge is 0.226 e. The lowest BCUT2D eigenvalue weighted by atomic mass is 9.96. The third-order valence-corrected chi connectivity index (χ3v) is 4.66. The average molecular weight is 306 g/mol. The zero-order chi connectivity index (χ0) is 15.7. The zero-order valence-corrected chi connectivity index (χ0v) is 13.8. The van der Waals surface area contributed by atoms with Crippen molar-refractivity contribution in [2.45, 2.75) is 45.4 Å². The minimum Gasteiger partial charge on any atom is -0.342 e. The predicted molar refractivity (Wildman–Crippen MR) is 82.4 cm³/mol. The largest absolute Gasteiger partial charge is 0.342 e. The fraction of sp³-hybridized carbons (Fsp3) is 0.812. The van der Waals surface area contributed by atoms with Gasteiger partial charge in [-0.15, -0.1) is 0 Å². The second kappa shape index (κ2) is 5.99. The van der Waals surface area contributed by atoms with Crippen molar-refractivity contribution in [1.82, 2.24) is 20.4 Å². The van der Waals surface area contributed by atoms with Gasteiger partial charge in [0.25, 0.3) is 0 Å². The van der Waals surface area contributed by atoms with E-state index in [0.717, 1.165) is 38.4 Å². The summed E-state index contributed by atoms with van der Waals surface area (Å²) in [7, 11) is 0. The van der Waals surface area contributed by atoms with Gasteiger partial charge in [-0.3, -0.25) is 4.79 Å². The third kappa shape index (κ3) is 3.32. The maximum absolute atomic E-state index is 12.3. The maximum Gasteiger partial charge on any atom is 0.226 e. The van der Waals surface area contributed by atoms with E-state index in [2.05, 4.69) is 36.2 Å². The molecule has 2 saturated heterocycles. The van der Waals surface area contributed by atoms with Crippen LogP contribution in [-0.2, 0) is 16.6 Å². The first-order valence-corrected chi connectivity index (χ1v) is 8.25. The van der Waals surface area contributed by atoms with Crippen LogP contribution in [0.2, 0.25) is 0 Å². The number of aryl methyl sites for hydroxylation is 1. The highest BCUT2D eigenvalue weighted by Crippen LogP contribution is 2.27. The molecule has 3 rings (SSSR count). The summed E-state index contributed by atoms with van der Waals surface area (Å²) in [5.41, 5.74) is -0.0983. The predicted octanol–water partition coefficient (Wildman–Crippen LogP) is 1.37. The number of fused-ring (bicyclic) bond motifs is 1. The Labute approximate surface area is 131 Å². The van der Waals surface area contributed by atoms with Crippen LogP contribution in [-0.4, -0.2) is 47.1 Å². The highest BCUT2D eigenvalue weighted by molar-refractivity contribution is 5.76. The van der Waals surface area contributed by atoms with Crippen LogP contribution in [0.1, 0.15) is 45.3 Å². The van der Waals surface area contributed by atoms with E-state index in [1.165, 1.54) is 0 Å². The first kappa shape index (κ1) is 15.5. The number of nitrogens with one attached hydrogen (secondary N) is 1. The normalized spacial score (nSPS) is 24.8. The Morgan fingerprint density at radius 1 is 1.32 bits per heavy atom. The van der Waals surface area contributed by atoms with Gasteiger partial charge in [0, 0.05) is 44.4 Å². The SMILES string of the molecule is CC(C)(C)c1noc(CCCC(=O)N2C[C@H]3CNC[C@H]3C2)n1. The van der Waals surface area contributed by atoms with Crippen molar-refractivity contribution >= 4 is 5.91 Å². The lowest BCUT2D eigenvalue weighted by Crippen LogP contribution is -2.31. The van der Waals surface area contributed by atoms with Crippen molar-refractivity contribution in [2.75, 3.05) is 26.2 Å². The van der Waals surface area contributed by atoms with Crippen molar-refractivity contribution in [2.24, 2.45) is 11.8 Å². The molecule has 0 aromatic carbocycles. The van der Waals surface area contributed by atoms with Gasteiger partial charge in [0.15, 0.2) is 5.82 Å². The zero-order valence-electron chi connectivity index (χ0n) is 13.8. The molecule has 2 atom stereocenters. The van der Waals surface area contributed by atoms with Gasteiger partial charge in [0.05, 0.1) is 0 Å². The summed E-state index contributed by atoms with van der Waals surface area (Å²) in [4.78, 5) is 18.7.